The van der Waals surface area contributed by atoms with E-state index >= 15 is 0 Å². The van der Waals surface area contributed by atoms with Gasteiger partial charge in [-0.25, -0.2) is 9.59 Å². The maximum Gasteiger partial charge on any atom is 0.544 e. The third-order valence-corrected chi connectivity index (χ3v) is 0.542. The normalized spacial score (nSPS) is 10.9. The van der Waals surface area contributed by atoms with Gasteiger partial charge in [0.05, 0.1) is 0 Å². The first kappa shape index (κ1) is 10.5. The monoisotopic (exact) mass is 189 g/mol. The average molecular weight is 189 g/mol. The van der Waals surface area contributed by atoms with Crippen LogP contribution in [-0.4, -0.2) is 33.8 Å². The van der Waals surface area contributed by atoms with Crippen molar-refractivity contribution in [1.29, 1.82) is 0 Å². The SMILES string of the molecule is O=C(O)N(OC(F)(F)F)C(=O)O. The lowest BCUT2D eigenvalue weighted by Crippen LogP contribution is -2.39. The zero-order valence-electron chi connectivity index (χ0n) is 5.20. The largest absolute Gasteiger partial charge is 0.544 e. The van der Waals surface area contributed by atoms with E-state index in [1.165, 1.54) is 0 Å². The number of halogens is 3. The van der Waals surface area contributed by atoms with Crippen LogP contribution in [0.5, 0.6) is 0 Å². The van der Waals surface area contributed by atoms with Gasteiger partial charge in [0.2, 0.25) is 0 Å². The van der Waals surface area contributed by atoms with Crippen LogP contribution in [0.15, 0.2) is 0 Å². The van der Waals surface area contributed by atoms with Crippen molar-refractivity contribution in [3.8, 4) is 0 Å². The number of hydrogen-bond donors (Lipinski definition) is 2. The van der Waals surface area contributed by atoms with Gasteiger partial charge < -0.3 is 10.2 Å². The number of hydroxylamine groups is 2. The molecule has 2 N–H and O–H groups in total. The van der Waals surface area contributed by atoms with Gasteiger partial charge in [0.25, 0.3) is 0 Å². The van der Waals surface area contributed by atoms with Gasteiger partial charge >= 0.3 is 18.5 Å². The van der Waals surface area contributed by atoms with Crippen molar-refractivity contribution in [2.24, 2.45) is 0 Å². The topological polar surface area (TPSA) is 87.1 Å². The zero-order valence-corrected chi connectivity index (χ0v) is 5.20. The van der Waals surface area contributed by atoms with Crippen LogP contribution in [0.25, 0.3) is 0 Å². The summed E-state index contributed by atoms with van der Waals surface area (Å²) < 4.78 is 33.7. The fourth-order valence-electron chi connectivity index (χ4n) is 0.263. The number of carbonyl (C=O) groups is 2. The molecule has 0 aliphatic carbocycles. The number of imide groups is 1. The molecular weight excluding hydrogens is 187 g/mol. The highest BCUT2D eigenvalue weighted by molar-refractivity contribution is 5.83. The second-order valence-electron chi connectivity index (χ2n) is 1.40. The molecule has 0 aromatic heterocycles. The Labute approximate surface area is 62.7 Å². The van der Waals surface area contributed by atoms with Gasteiger partial charge in [0.15, 0.2) is 0 Å². The Hall–Kier alpha value is -1.51. The minimum absolute atomic E-state index is 1.25. The molecular formula is C3H2F3NO5. The van der Waals surface area contributed by atoms with Crippen LogP contribution >= 0.6 is 0 Å². The summed E-state index contributed by atoms with van der Waals surface area (Å²) >= 11 is 0. The third kappa shape index (κ3) is 3.61. The number of alkyl halides is 3. The Morgan fingerprint density at radius 1 is 1.17 bits per heavy atom. The Morgan fingerprint density at radius 2 is 1.50 bits per heavy atom. The van der Waals surface area contributed by atoms with Gasteiger partial charge in [-0.15, -0.1) is 13.2 Å². The molecule has 0 radical (unpaired) electrons. The second-order valence-corrected chi connectivity index (χ2v) is 1.40. The predicted molar refractivity (Wildman–Crippen MR) is 25.0 cm³/mol. The fourth-order valence-corrected chi connectivity index (χ4v) is 0.263. The number of hydrogen-bond acceptors (Lipinski definition) is 3. The lowest BCUT2D eigenvalue weighted by Gasteiger charge is -2.13. The molecule has 0 atom stereocenters. The summed E-state index contributed by atoms with van der Waals surface area (Å²) in [5.74, 6) is 0. The Balaban J connectivity index is 4.35. The van der Waals surface area contributed by atoms with Crippen LogP contribution in [0.1, 0.15) is 0 Å². The predicted octanol–water partition coefficient (Wildman–Crippen LogP) is 1.10. The van der Waals surface area contributed by atoms with Crippen molar-refractivity contribution in [3.05, 3.63) is 0 Å². The zero-order chi connectivity index (χ0) is 9.94. The molecule has 0 fully saturated rings. The van der Waals surface area contributed by atoms with Crippen LogP contribution in [0.2, 0.25) is 0 Å². The Kier molecular flexibility index (Phi) is 2.85. The van der Waals surface area contributed by atoms with E-state index in [-0.39, 0.29) is 0 Å². The summed E-state index contributed by atoms with van der Waals surface area (Å²) in [7, 11) is 0. The molecule has 2 amide bonds. The number of amides is 2. The maximum atomic E-state index is 11.2. The van der Waals surface area contributed by atoms with Crippen molar-refractivity contribution in [2.45, 2.75) is 6.36 Å². The number of carboxylic acid groups (broad SMARTS) is 2. The van der Waals surface area contributed by atoms with E-state index in [9.17, 15) is 22.8 Å². The van der Waals surface area contributed by atoms with Crippen LogP contribution in [0, 0.1) is 0 Å². The molecule has 0 aromatic carbocycles. The maximum absolute atomic E-state index is 11.2. The standard InChI is InChI=1S/C3H2F3NO5/c4-3(5,6)12-7(1(8)9)2(10)11/h(H,8,9)(H,10,11). The van der Waals surface area contributed by atoms with Crippen molar-refractivity contribution < 1.29 is 37.8 Å². The molecule has 0 saturated carbocycles. The van der Waals surface area contributed by atoms with Crippen LogP contribution < -0.4 is 0 Å². The third-order valence-electron chi connectivity index (χ3n) is 0.542. The summed E-state index contributed by atoms with van der Waals surface area (Å²) in [6.07, 6.45) is -10.1. The minimum atomic E-state index is -5.35. The van der Waals surface area contributed by atoms with Gasteiger partial charge in [0, 0.05) is 0 Å². The van der Waals surface area contributed by atoms with Crippen molar-refractivity contribution in [1.82, 2.24) is 5.06 Å². The van der Waals surface area contributed by atoms with E-state index in [0.29, 0.717) is 0 Å². The molecule has 0 spiro atoms. The highest BCUT2D eigenvalue weighted by atomic mass is 19.4. The van der Waals surface area contributed by atoms with Crippen LogP contribution in [0.4, 0.5) is 22.8 Å². The summed E-state index contributed by atoms with van der Waals surface area (Å²) in [4.78, 5) is 22.1. The molecule has 0 bridgehead atoms. The number of rotatable bonds is 1. The lowest BCUT2D eigenvalue weighted by atomic mass is 11.0. The second kappa shape index (κ2) is 3.26. The summed E-state index contributed by atoms with van der Waals surface area (Å²) in [5, 5.41) is 14.4. The van der Waals surface area contributed by atoms with Crippen molar-refractivity contribution in [3.63, 3.8) is 0 Å². The first-order valence-electron chi connectivity index (χ1n) is 2.26. The summed E-state index contributed by atoms with van der Waals surface area (Å²) in [6, 6.07) is 0. The molecule has 0 saturated heterocycles. The molecule has 70 valence electrons. The minimum Gasteiger partial charge on any atom is -0.463 e. The molecule has 0 aliphatic heterocycles. The molecule has 0 aromatic rings. The van der Waals surface area contributed by atoms with E-state index in [4.69, 9.17) is 10.2 Å². The van der Waals surface area contributed by atoms with Gasteiger partial charge in [0.1, 0.15) is 0 Å². The average Bonchev–Trinajstić information content (AvgIpc) is 1.79. The van der Waals surface area contributed by atoms with E-state index in [1.54, 1.807) is 0 Å². The lowest BCUT2D eigenvalue weighted by molar-refractivity contribution is -0.389. The fraction of sp³-hybridized carbons (Fsp3) is 0.333. The van der Waals surface area contributed by atoms with Gasteiger partial charge in [-0.05, 0) is 0 Å². The molecule has 9 heteroatoms. The first-order chi connectivity index (χ1) is 5.24. The Bertz CT molecular complexity index is 187. The quantitative estimate of drug-likeness (QED) is 0.603. The van der Waals surface area contributed by atoms with Crippen molar-refractivity contribution >= 4 is 12.2 Å². The van der Waals surface area contributed by atoms with E-state index < -0.39 is 23.6 Å². The van der Waals surface area contributed by atoms with Crippen LogP contribution in [-0.2, 0) is 4.84 Å². The molecule has 0 heterocycles. The van der Waals surface area contributed by atoms with E-state index in [0.717, 1.165) is 0 Å². The molecule has 0 unspecified atom stereocenters. The van der Waals surface area contributed by atoms with Crippen molar-refractivity contribution in [2.75, 3.05) is 0 Å². The van der Waals surface area contributed by atoms with Crippen LogP contribution in [0.3, 0.4) is 0 Å². The summed E-state index contributed by atoms with van der Waals surface area (Å²) in [6.45, 7) is 0. The molecule has 0 rings (SSSR count). The highest BCUT2D eigenvalue weighted by Gasteiger charge is 2.38. The Morgan fingerprint density at radius 3 is 1.58 bits per heavy atom. The smallest absolute Gasteiger partial charge is 0.463 e. The van der Waals surface area contributed by atoms with E-state index in [1.807, 2.05) is 0 Å². The first-order valence-corrected chi connectivity index (χ1v) is 2.26. The molecule has 0 aliphatic rings. The van der Waals surface area contributed by atoms with E-state index in [2.05, 4.69) is 4.84 Å². The molecule has 6 nitrogen and oxygen atoms in total. The summed E-state index contributed by atoms with van der Waals surface area (Å²) in [5.41, 5.74) is 0. The van der Waals surface area contributed by atoms with Gasteiger partial charge in [-0.3, -0.25) is 0 Å². The van der Waals surface area contributed by atoms with Gasteiger partial charge in [-0.1, -0.05) is 5.06 Å². The molecule has 12 heavy (non-hydrogen) atoms. The number of nitrogens with zero attached hydrogens (tertiary/aromatic N) is 1. The highest BCUT2D eigenvalue weighted by Crippen LogP contribution is 2.18. The van der Waals surface area contributed by atoms with Gasteiger partial charge in [-0.2, -0.15) is 4.84 Å².